The van der Waals surface area contributed by atoms with Crippen molar-refractivity contribution in [2.75, 3.05) is 32.6 Å². The van der Waals surface area contributed by atoms with Gasteiger partial charge in [-0.15, -0.1) is 11.8 Å². The predicted octanol–water partition coefficient (Wildman–Crippen LogP) is 0.966. The highest BCUT2D eigenvalue weighted by atomic mass is 32.2. The van der Waals surface area contributed by atoms with Crippen LogP contribution in [0.5, 0.6) is 11.5 Å². The summed E-state index contributed by atoms with van der Waals surface area (Å²) in [6.45, 7) is 2.09. The van der Waals surface area contributed by atoms with Gasteiger partial charge in [0.05, 0.1) is 20.3 Å². The molecule has 26 heavy (non-hydrogen) atoms. The molecule has 2 N–H and O–H groups in total. The minimum Gasteiger partial charge on any atom is -0.497 e. The van der Waals surface area contributed by atoms with Crippen molar-refractivity contribution in [2.24, 2.45) is 5.73 Å². The molecule has 1 aliphatic rings. The molecule has 0 amide bonds. The molecule has 3 atom stereocenters. The summed E-state index contributed by atoms with van der Waals surface area (Å²) in [5, 5.41) is -0.521. The van der Waals surface area contributed by atoms with Gasteiger partial charge in [-0.05, 0) is 31.2 Å². The van der Waals surface area contributed by atoms with Gasteiger partial charge in [0.15, 0.2) is 6.29 Å². The molecule has 0 aromatic heterocycles. The van der Waals surface area contributed by atoms with Gasteiger partial charge in [-0.1, -0.05) is 0 Å². The molecule has 0 bridgehead atoms. The smallest absolute Gasteiger partial charge is 0.327 e. The number of esters is 2. The van der Waals surface area contributed by atoms with Gasteiger partial charge < -0.3 is 29.4 Å². The number of hydrogen-bond donors (Lipinski definition) is 1. The molecule has 1 aromatic carbocycles. The first-order chi connectivity index (χ1) is 12.5. The molecule has 1 aromatic rings. The van der Waals surface area contributed by atoms with E-state index in [2.05, 4.69) is 4.74 Å². The maximum Gasteiger partial charge on any atom is 0.327 e. The summed E-state index contributed by atoms with van der Waals surface area (Å²) >= 11 is 1.28. The number of ether oxygens (including phenoxy) is 5. The standard InChI is InChI=1S/C17H23NO7S/c1-11(17(20)25-15(19)7-18)26-10-16-23-9-14(24-16)8-22-13-5-3-12(21-2)4-6-13/h3-6,11,14,16H,7-10,18H2,1-2H3/t11-,14?,16?/m0/s1. The van der Waals surface area contributed by atoms with Crippen molar-refractivity contribution >= 4 is 23.7 Å². The lowest BCUT2D eigenvalue weighted by molar-refractivity contribution is -0.157. The third kappa shape index (κ3) is 6.49. The molecule has 2 unspecified atom stereocenters. The summed E-state index contributed by atoms with van der Waals surface area (Å²) in [7, 11) is 1.61. The van der Waals surface area contributed by atoms with Gasteiger partial charge in [-0.25, -0.2) is 0 Å². The lowest BCUT2D eigenvalue weighted by atomic mass is 10.3. The Morgan fingerprint density at radius 1 is 1.31 bits per heavy atom. The average molecular weight is 385 g/mol. The molecule has 8 nitrogen and oxygen atoms in total. The predicted molar refractivity (Wildman–Crippen MR) is 95.2 cm³/mol. The van der Waals surface area contributed by atoms with E-state index in [9.17, 15) is 9.59 Å². The number of nitrogens with two attached hydrogens (primary N) is 1. The Balaban J connectivity index is 1.66. The largest absolute Gasteiger partial charge is 0.497 e. The Morgan fingerprint density at radius 3 is 2.65 bits per heavy atom. The Morgan fingerprint density at radius 2 is 2.00 bits per heavy atom. The number of hydrogen-bond acceptors (Lipinski definition) is 9. The minimum absolute atomic E-state index is 0.191. The van der Waals surface area contributed by atoms with Crippen LogP contribution in [0.25, 0.3) is 0 Å². The van der Waals surface area contributed by atoms with Gasteiger partial charge in [0.2, 0.25) is 0 Å². The fourth-order valence-electron chi connectivity index (χ4n) is 2.07. The molecule has 0 spiro atoms. The van der Waals surface area contributed by atoms with Crippen molar-refractivity contribution in [2.45, 2.75) is 24.6 Å². The normalized spacial score (nSPS) is 20.4. The van der Waals surface area contributed by atoms with Crippen LogP contribution in [0.4, 0.5) is 0 Å². The van der Waals surface area contributed by atoms with Gasteiger partial charge >= 0.3 is 11.9 Å². The van der Waals surface area contributed by atoms with Crippen LogP contribution < -0.4 is 15.2 Å². The van der Waals surface area contributed by atoms with Crippen LogP contribution in [0.15, 0.2) is 24.3 Å². The van der Waals surface area contributed by atoms with Gasteiger partial charge in [-0.3, -0.25) is 9.59 Å². The summed E-state index contributed by atoms with van der Waals surface area (Å²) in [5.74, 6) is 0.546. The molecule has 2 rings (SSSR count). The molecule has 0 saturated carbocycles. The van der Waals surface area contributed by atoms with E-state index in [-0.39, 0.29) is 12.6 Å². The van der Waals surface area contributed by atoms with Gasteiger partial charge in [-0.2, -0.15) is 0 Å². The zero-order chi connectivity index (χ0) is 18.9. The van der Waals surface area contributed by atoms with Crippen LogP contribution in [0.2, 0.25) is 0 Å². The first-order valence-corrected chi connectivity index (χ1v) is 9.16. The summed E-state index contributed by atoms with van der Waals surface area (Å²) in [4.78, 5) is 22.7. The van der Waals surface area contributed by atoms with Crippen molar-refractivity contribution in [3.8, 4) is 11.5 Å². The summed E-state index contributed by atoms with van der Waals surface area (Å²) < 4.78 is 26.6. The number of benzene rings is 1. The quantitative estimate of drug-likeness (QED) is 0.491. The molecular weight excluding hydrogens is 362 g/mol. The minimum atomic E-state index is -0.744. The Bertz CT molecular complexity index is 595. The molecule has 1 aliphatic heterocycles. The summed E-state index contributed by atoms with van der Waals surface area (Å²) in [6, 6.07) is 7.27. The van der Waals surface area contributed by atoms with E-state index in [1.165, 1.54) is 11.8 Å². The maximum absolute atomic E-state index is 11.7. The van der Waals surface area contributed by atoms with E-state index in [0.29, 0.717) is 24.7 Å². The second-order valence-corrected chi connectivity index (χ2v) is 6.85. The maximum atomic E-state index is 11.7. The van der Waals surface area contributed by atoms with E-state index in [4.69, 9.17) is 24.7 Å². The van der Waals surface area contributed by atoms with Crippen LogP contribution >= 0.6 is 11.8 Å². The van der Waals surface area contributed by atoms with Crippen LogP contribution in [0.1, 0.15) is 6.92 Å². The molecule has 0 radical (unpaired) electrons. The lowest BCUT2D eigenvalue weighted by Gasteiger charge is -2.14. The van der Waals surface area contributed by atoms with Crippen molar-refractivity contribution in [3.63, 3.8) is 0 Å². The van der Waals surface area contributed by atoms with Crippen LogP contribution in [-0.2, 0) is 23.8 Å². The molecule has 1 fully saturated rings. The summed E-state index contributed by atoms with van der Waals surface area (Å²) in [5.41, 5.74) is 5.10. The Labute approximate surface area is 156 Å². The van der Waals surface area contributed by atoms with Gasteiger partial charge in [0, 0.05) is 5.75 Å². The van der Waals surface area contributed by atoms with E-state index < -0.39 is 23.5 Å². The highest BCUT2D eigenvalue weighted by Crippen LogP contribution is 2.22. The molecular formula is C17H23NO7S. The first-order valence-electron chi connectivity index (χ1n) is 8.12. The van der Waals surface area contributed by atoms with Crippen LogP contribution in [0, 0.1) is 0 Å². The highest BCUT2D eigenvalue weighted by molar-refractivity contribution is 8.00. The fraction of sp³-hybridized carbons (Fsp3) is 0.529. The summed E-state index contributed by atoms with van der Waals surface area (Å²) in [6.07, 6.45) is -0.631. The molecule has 0 aliphatic carbocycles. The van der Waals surface area contributed by atoms with E-state index >= 15 is 0 Å². The van der Waals surface area contributed by atoms with E-state index in [0.717, 1.165) is 5.75 Å². The van der Waals surface area contributed by atoms with Gasteiger partial charge in [0.25, 0.3) is 0 Å². The molecule has 9 heteroatoms. The number of carbonyl (C=O) groups is 2. The monoisotopic (exact) mass is 385 g/mol. The average Bonchev–Trinajstić information content (AvgIpc) is 3.12. The molecule has 1 saturated heterocycles. The Hall–Kier alpha value is -1.81. The van der Waals surface area contributed by atoms with Crippen molar-refractivity contribution in [1.82, 2.24) is 0 Å². The zero-order valence-corrected chi connectivity index (χ0v) is 15.5. The second-order valence-electron chi connectivity index (χ2n) is 5.48. The van der Waals surface area contributed by atoms with E-state index in [1.807, 2.05) is 24.3 Å². The number of carbonyl (C=O) groups excluding carboxylic acids is 2. The molecule has 144 valence electrons. The van der Waals surface area contributed by atoms with Crippen molar-refractivity contribution in [3.05, 3.63) is 24.3 Å². The zero-order valence-electron chi connectivity index (χ0n) is 14.7. The van der Waals surface area contributed by atoms with Crippen LogP contribution in [0.3, 0.4) is 0 Å². The van der Waals surface area contributed by atoms with E-state index in [1.54, 1.807) is 14.0 Å². The number of methoxy groups -OCH3 is 1. The van der Waals surface area contributed by atoms with Crippen molar-refractivity contribution in [1.29, 1.82) is 0 Å². The third-order valence-electron chi connectivity index (χ3n) is 3.50. The van der Waals surface area contributed by atoms with Crippen molar-refractivity contribution < 1.29 is 33.3 Å². The molecule has 1 heterocycles. The number of rotatable bonds is 9. The highest BCUT2D eigenvalue weighted by Gasteiger charge is 2.28. The first kappa shape index (κ1) is 20.5. The lowest BCUT2D eigenvalue weighted by Crippen LogP contribution is -2.27. The topological polar surface area (TPSA) is 106 Å². The Kier molecular flexibility index (Phi) is 8.17. The SMILES string of the molecule is COc1ccc(OCC2COC(CS[C@@H](C)C(=O)OC(=O)CN)O2)cc1. The second kappa shape index (κ2) is 10.4. The van der Waals surface area contributed by atoms with Crippen LogP contribution in [-0.4, -0.2) is 62.2 Å². The number of thioether (sulfide) groups is 1. The fourth-order valence-corrected chi connectivity index (χ4v) is 2.88. The third-order valence-corrected chi connectivity index (χ3v) is 4.66. The van der Waals surface area contributed by atoms with Gasteiger partial charge in [0.1, 0.15) is 29.5 Å².